The van der Waals surface area contributed by atoms with E-state index >= 15 is 0 Å². The van der Waals surface area contributed by atoms with E-state index in [4.69, 9.17) is 4.74 Å². The summed E-state index contributed by atoms with van der Waals surface area (Å²) in [5.41, 5.74) is 1.26. The van der Waals surface area contributed by atoms with Crippen LogP contribution in [0.1, 0.15) is 90.9 Å². The molecule has 0 bridgehead atoms. The Morgan fingerprint density at radius 2 is 1.33 bits per heavy atom. The first-order valence-corrected chi connectivity index (χ1v) is 11.2. The van der Waals surface area contributed by atoms with Crippen LogP contribution in [0.5, 0.6) is 0 Å². The number of unbranched alkanes of at least 4 members (excludes halogenated alkanes) is 9. The summed E-state index contributed by atoms with van der Waals surface area (Å²) < 4.78 is 5.04. The van der Waals surface area contributed by atoms with E-state index in [0.29, 0.717) is 13.0 Å². The second-order valence-electron chi connectivity index (χ2n) is 7.41. The summed E-state index contributed by atoms with van der Waals surface area (Å²) in [6.07, 6.45) is 15.0. The molecule has 0 saturated heterocycles. The SMILES string of the molecule is CCCCCCCCCCCCN(CCCC(=O)OCC)c1ccccc1. The number of carbonyl (C=O) groups excluding carboxylic acids is 1. The average Bonchev–Trinajstić information content (AvgIpc) is 2.69. The van der Waals surface area contributed by atoms with Crippen molar-refractivity contribution >= 4 is 11.7 Å². The van der Waals surface area contributed by atoms with Gasteiger partial charge in [0.25, 0.3) is 0 Å². The van der Waals surface area contributed by atoms with Crippen molar-refractivity contribution in [2.75, 3.05) is 24.6 Å². The van der Waals surface area contributed by atoms with Gasteiger partial charge in [0.2, 0.25) is 0 Å². The molecule has 1 aromatic rings. The molecule has 0 saturated carbocycles. The number of para-hydroxylation sites is 1. The number of anilines is 1. The van der Waals surface area contributed by atoms with Crippen LogP contribution in [0.25, 0.3) is 0 Å². The number of hydrogen-bond acceptors (Lipinski definition) is 3. The average molecular weight is 376 g/mol. The van der Waals surface area contributed by atoms with E-state index in [9.17, 15) is 4.79 Å². The van der Waals surface area contributed by atoms with Crippen molar-refractivity contribution in [2.24, 2.45) is 0 Å². The van der Waals surface area contributed by atoms with E-state index in [0.717, 1.165) is 19.5 Å². The van der Waals surface area contributed by atoms with Crippen LogP contribution in [-0.2, 0) is 9.53 Å². The van der Waals surface area contributed by atoms with Crippen LogP contribution >= 0.6 is 0 Å². The lowest BCUT2D eigenvalue weighted by Gasteiger charge is -2.25. The first-order valence-electron chi connectivity index (χ1n) is 11.2. The van der Waals surface area contributed by atoms with E-state index in [2.05, 4.69) is 42.2 Å². The lowest BCUT2D eigenvalue weighted by atomic mass is 10.1. The van der Waals surface area contributed by atoms with Gasteiger partial charge in [0.1, 0.15) is 0 Å². The van der Waals surface area contributed by atoms with Crippen LogP contribution in [0.3, 0.4) is 0 Å². The smallest absolute Gasteiger partial charge is 0.305 e. The van der Waals surface area contributed by atoms with Gasteiger partial charge in [-0.3, -0.25) is 4.79 Å². The Bertz CT molecular complexity index is 461. The Kier molecular flexibility index (Phi) is 14.5. The molecular formula is C24H41NO2. The fourth-order valence-corrected chi connectivity index (χ4v) is 3.45. The maximum atomic E-state index is 11.6. The maximum absolute atomic E-state index is 11.6. The normalized spacial score (nSPS) is 10.7. The number of hydrogen-bond donors (Lipinski definition) is 0. The number of ether oxygens (including phenoxy) is 1. The molecule has 0 unspecified atom stereocenters. The van der Waals surface area contributed by atoms with Crippen LogP contribution in [0, 0.1) is 0 Å². The molecule has 0 aromatic heterocycles. The van der Waals surface area contributed by atoms with Crippen LogP contribution < -0.4 is 4.90 Å². The highest BCUT2D eigenvalue weighted by molar-refractivity contribution is 5.69. The number of carbonyl (C=O) groups is 1. The van der Waals surface area contributed by atoms with Crippen LogP contribution in [0.4, 0.5) is 5.69 Å². The molecule has 0 aliphatic heterocycles. The third kappa shape index (κ3) is 12.5. The van der Waals surface area contributed by atoms with Crippen molar-refractivity contribution in [2.45, 2.75) is 90.9 Å². The van der Waals surface area contributed by atoms with E-state index < -0.39 is 0 Å². The molecule has 154 valence electrons. The molecule has 0 fully saturated rings. The lowest BCUT2D eigenvalue weighted by molar-refractivity contribution is -0.143. The zero-order valence-corrected chi connectivity index (χ0v) is 17.8. The van der Waals surface area contributed by atoms with Crippen LogP contribution in [-0.4, -0.2) is 25.7 Å². The first kappa shape index (κ1) is 23.5. The lowest BCUT2D eigenvalue weighted by Crippen LogP contribution is -2.26. The van der Waals surface area contributed by atoms with Crippen molar-refractivity contribution in [1.29, 1.82) is 0 Å². The van der Waals surface area contributed by atoms with Gasteiger partial charge in [0.15, 0.2) is 0 Å². The van der Waals surface area contributed by atoms with E-state index in [-0.39, 0.29) is 5.97 Å². The molecule has 0 radical (unpaired) electrons. The van der Waals surface area contributed by atoms with Crippen molar-refractivity contribution in [3.05, 3.63) is 30.3 Å². The number of nitrogens with zero attached hydrogens (tertiary/aromatic N) is 1. The third-order valence-electron chi connectivity index (χ3n) is 5.02. The number of benzene rings is 1. The minimum absolute atomic E-state index is 0.0792. The Morgan fingerprint density at radius 3 is 1.93 bits per heavy atom. The summed E-state index contributed by atoms with van der Waals surface area (Å²) in [5, 5.41) is 0. The summed E-state index contributed by atoms with van der Waals surface area (Å²) in [7, 11) is 0. The maximum Gasteiger partial charge on any atom is 0.305 e. The Labute approximate surface area is 167 Å². The quantitative estimate of drug-likeness (QED) is 0.222. The van der Waals surface area contributed by atoms with E-state index in [1.54, 1.807) is 0 Å². The third-order valence-corrected chi connectivity index (χ3v) is 5.02. The summed E-state index contributed by atoms with van der Waals surface area (Å²) in [6, 6.07) is 10.6. The topological polar surface area (TPSA) is 29.5 Å². The van der Waals surface area contributed by atoms with Gasteiger partial charge in [-0.05, 0) is 31.9 Å². The minimum Gasteiger partial charge on any atom is -0.466 e. The summed E-state index contributed by atoms with van der Waals surface area (Å²) >= 11 is 0. The molecule has 1 rings (SSSR count). The number of esters is 1. The molecule has 3 heteroatoms. The molecule has 0 aliphatic carbocycles. The van der Waals surface area contributed by atoms with Gasteiger partial charge in [0.05, 0.1) is 6.61 Å². The number of rotatable bonds is 17. The van der Waals surface area contributed by atoms with Gasteiger partial charge >= 0.3 is 5.97 Å². The molecule has 0 spiro atoms. The molecule has 27 heavy (non-hydrogen) atoms. The second-order valence-corrected chi connectivity index (χ2v) is 7.41. The Hall–Kier alpha value is -1.51. The highest BCUT2D eigenvalue weighted by atomic mass is 16.5. The summed E-state index contributed by atoms with van der Waals surface area (Å²) in [4.78, 5) is 14.0. The van der Waals surface area contributed by atoms with Crippen LogP contribution in [0.2, 0.25) is 0 Å². The van der Waals surface area contributed by atoms with Gasteiger partial charge < -0.3 is 9.64 Å². The molecule has 0 heterocycles. The van der Waals surface area contributed by atoms with Crippen molar-refractivity contribution in [3.8, 4) is 0 Å². The van der Waals surface area contributed by atoms with Crippen molar-refractivity contribution in [1.82, 2.24) is 0 Å². The van der Waals surface area contributed by atoms with Gasteiger partial charge in [-0.15, -0.1) is 0 Å². The standard InChI is InChI=1S/C24H41NO2/c1-3-5-6-7-8-9-10-11-12-16-21-25(23-18-14-13-15-19-23)22-17-20-24(26)27-4-2/h13-15,18-19H,3-12,16-17,20-22H2,1-2H3. The fraction of sp³-hybridized carbons (Fsp3) is 0.708. The van der Waals surface area contributed by atoms with Crippen molar-refractivity contribution < 1.29 is 9.53 Å². The largest absolute Gasteiger partial charge is 0.466 e. The predicted octanol–water partition coefficient (Wildman–Crippen LogP) is 6.76. The molecule has 3 nitrogen and oxygen atoms in total. The van der Waals surface area contributed by atoms with Crippen molar-refractivity contribution in [3.63, 3.8) is 0 Å². The van der Waals surface area contributed by atoms with E-state index in [1.165, 1.54) is 69.9 Å². The highest BCUT2D eigenvalue weighted by Gasteiger charge is 2.08. The highest BCUT2D eigenvalue weighted by Crippen LogP contribution is 2.16. The molecule has 1 aromatic carbocycles. The Balaban J connectivity index is 2.20. The van der Waals surface area contributed by atoms with Gasteiger partial charge in [-0.1, -0.05) is 82.9 Å². The Morgan fingerprint density at radius 1 is 0.778 bits per heavy atom. The molecular weight excluding hydrogens is 334 g/mol. The predicted molar refractivity (Wildman–Crippen MR) is 116 cm³/mol. The zero-order chi connectivity index (χ0) is 19.6. The second kappa shape index (κ2) is 16.6. The minimum atomic E-state index is -0.0792. The van der Waals surface area contributed by atoms with Gasteiger partial charge in [-0.25, -0.2) is 0 Å². The summed E-state index contributed by atoms with van der Waals surface area (Å²) in [5.74, 6) is -0.0792. The summed E-state index contributed by atoms with van der Waals surface area (Å²) in [6.45, 7) is 6.60. The van der Waals surface area contributed by atoms with Gasteiger partial charge in [0, 0.05) is 25.2 Å². The molecule has 0 N–H and O–H groups in total. The molecule has 0 aliphatic rings. The molecule has 0 amide bonds. The first-order chi connectivity index (χ1) is 13.3. The van der Waals surface area contributed by atoms with Crippen LogP contribution in [0.15, 0.2) is 30.3 Å². The zero-order valence-electron chi connectivity index (χ0n) is 17.8. The van der Waals surface area contributed by atoms with E-state index in [1.807, 2.05) is 6.92 Å². The fourth-order valence-electron chi connectivity index (χ4n) is 3.45. The monoisotopic (exact) mass is 375 g/mol. The molecule has 0 atom stereocenters. The van der Waals surface area contributed by atoms with Gasteiger partial charge in [-0.2, -0.15) is 0 Å².